The molecule has 0 unspecified atom stereocenters. The van der Waals surface area contributed by atoms with Gasteiger partial charge in [-0.3, -0.25) is 0 Å². The Morgan fingerprint density at radius 1 is 1.10 bits per heavy atom. The van der Waals surface area contributed by atoms with Crippen molar-refractivity contribution in [3.8, 4) is 0 Å². The molecule has 0 saturated carbocycles. The van der Waals surface area contributed by atoms with Crippen LogP contribution in [0.3, 0.4) is 0 Å². The summed E-state index contributed by atoms with van der Waals surface area (Å²) in [5.74, 6) is 0. The minimum absolute atomic E-state index is 1.21. The lowest BCUT2D eigenvalue weighted by molar-refractivity contribution is 0.353. The lowest BCUT2D eigenvalue weighted by Crippen LogP contribution is -2.23. The molecule has 0 atom stereocenters. The van der Waals surface area contributed by atoms with Crippen LogP contribution < -0.4 is 0 Å². The Balaban J connectivity index is 0.000000276. The molecule has 6 heteroatoms. The van der Waals surface area contributed by atoms with Crippen LogP contribution in [0.1, 0.15) is 39.5 Å². The number of unbranched alkanes of at least 4 members (excludes halogenated alkanes) is 2. The van der Waals surface area contributed by atoms with E-state index in [2.05, 4.69) is 39.6 Å². The van der Waals surface area contributed by atoms with Crippen molar-refractivity contribution in [3.05, 3.63) is 28.9 Å². The number of thioether (sulfide) groups is 2. The standard InChI is InChI=1S/C11H21NS2.C3H3N3/c1-3-5-7-12(8-6-4-2)11-9-13-10-14-11;1-2-4-6-5-3-1/h9H,3-8,10H2,1-2H3;1-3H. The molecule has 2 heterocycles. The maximum Gasteiger partial charge on any atom is 0.0780 e. The van der Waals surface area contributed by atoms with Crippen LogP contribution in [0, 0.1) is 0 Å². The van der Waals surface area contributed by atoms with Gasteiger partial charge in [0.1, 0.15) is 0 Å². The Bertz CT molecular complexity index is 325. The van der Waals surface area contributed by atoms with E-state index in [1.54, 1.807) is 18.5 Å². The van der Waals surface area contributed by atoms with Crippen LogP contribution in [0.2, 0.25) is 0 Å². The summed E-state index contributed by atoms with van der Waals surface area (Å²) in [6, 6.07) is 1.72. The zero-order chi connectivity index (χ0) is 14.5. The molecule has 4 nitrogen and oxygen atoms in total. The van der Waals surface area contributed by atoms with Gasteiger partial charge in [0.2, 0.25) is 0 Å². The number of rotatable bonds is 7. The van der Waals surface area contributed by atoms with Crippen LogP contribution in [0.15, 0.2) is 28.9 Å². The van der Waals surface area contributed by atoms with Gasteiger partial charge in [0.25, 0.3) is 0 Å². The van der Waals surface area contributed by atoms with Crippen molar-refractivity contribution in [2.75, 3.05) is 18.2 Å². The second-order valence-corrected chi connectivity index (χ2v) is 6.61. The van der Waals surface area contributed by atoms with Crippen LogP contribution in [-0.2, 0) is 0 Å². The quantitative estimate of drug-likeness (QED) is 0.758. The number of aromatic nitrogens is 3. The van der Waals surface area contributed by atoms with E-state index in [0.717, 1.165) is 0 Å². The lowest BCUT2D eigenvalue weighted by atomic mass is 10.3. The highest BCUT2D eigenvalue weighted by molar-refractivity contribution is 8.21. The van der Waals surface area contributed by atoms with Gasteiger partial charge >= 0.3 is 0 Å². The van der Waals surface area contributed by atoms with Gasteiger partial charge in [-0.2, -0.15) is 0 Å². The second-order valence-electron chi connectivity index (χ2n) is 4.39. The fourth-order valence-electron chi connectivity index (χ4n) is 1.63. The van der Waals surface area contributed by atoms with Gasteiger partial charge in [0, 0.05) is 23.6 Å². The Morgan fingerprint density at radius 2 is 1.75 bits per heavy atom. The molecule has 0 radical (unpaired) electrons. The van der Waals surface area contributed by atoms with Gasteiger partial charge in [0.15, 0.2) is 0 Å². The highest BCUT2D eigenvalue weighted by Gasteiger charge is 2.13. The Hall–Kier alpha value is -0.750. The van der Waals surface area contributed by atoms with E-state index in [1.165, 1.54) is 48.9 Å². The van der Waals surface area contributed by atoms with E-state index in [9.17, 15) is 0 Å². The third-order valence-corrected chi connectivity index (χ3v) is 4.97. The van der Waals surface area contributed by atoms with Crippen molar-refractivity contribution in [3.63, 3.8) is 0 Å². The molecule has 1 aromatic rings. The molecule has 1 aliphatic rings. The summed E-state index contributed by atoms with van der Waals surface area (Å²) < 4.78 is 0. The number of hydrogen-bond donors (Lipinski definition) is 0. The van der Waals surface area contributed by atoms with Gasteiger partial charge in [-0.05, 0) is 24.1 Å². The number of hydrogen-bond acceptors (Lipinski definition) is 6. The molecule has 0 bridgehead atoms. The topological polar surface area (TPSA) is 41.9 Å². The molecule has 0 aromatic carbocycles. The van der Waals surface area contributed by atoms with Gasteiger partial charge < -0.3 is 4.90 Å². The molecule has 20 heavy (non-hydrogen) atoms. The average Bonchev–Trinajstić information content (AvgIpc) is 3.04. The first kappa shape index (κ1) is 17.3. The highest BCUT2D eigenvalue weighted by atomic mass is 32.2. The first-order chi connectivity index (χ1) is 9.88. The van der Waals surface area contributed by atoms with Gasteiger partial charge in [-0.1, -0.05) is 38.5 Å². The second kappa shape index (κ2) is 12.0. The summed E-state index contributed by atoms with van der Waals surface area (Å²) in [5, 5.41) is 15.2. The highest BCUT2D eigenvalue weighted by Crippen LogP contribution is 2.34. The molecule has 2 rings (SSSR count). The first-order valence-electron chi connectivity index (χ1n) is 7.16. The van der Waals surface area contributed by atoms with Crippen LogP contribution >= 0.6 is 23.5 Å². The molecule has 0 saturated heterocycles. The zero-order valence-electron chi connectivity index (χ0n) is 12.4. The van der Waals surface area contributed by atoms with Crippen LogP contribution in [0.25, 0.3) is 0 Å². The van der Waals surface area contributed by atoms with E-state index in [-0.39, 0.29) is 0 Å². The van der Waals surface area contributed by atoms with Gasteiger partial charge in [0.05, 0.1) is 17.4 Å². The molecule has 1 aromatic heterocycles. The van der Waals surface area contributed by atoms with Crippen molar-refractivity contribution in [2.45, 2.75) is 39.5 Å². The largest absolute Gasteiger partial charge is 0.366 e. The van der Waals surface area contributed by atoms with Crippen molar-refractivity contribution in [1.29, 1.82) is 0 Å². The summed E-state index contributed by atoms with van der Waals surface area (Å²) in [6.07, 6.45) is 8.40. The Kier molecular flexibility index (Phi) is 10.4. The summed E-state index contributed by atoms with van der Waals surface area (Å²) >= 11 is 3.94. The molecule has 112 valence electrons. The zero-order valence-corrected chi connectivity index (χ0v) is 14.0. The number of nitrogens with zero attached hydrogens (tertiary/aromatic N) is 4. The maximum absolute atomic E-state index is 3.42. The normalized spacial score (nSPS) is 13.4. The third-order valence-electron chi connectivity index (χ3n) is 2.74. The predicted molar refractivity (Wildman–Crippen MR) is 89.3 cm³/mol. The molecular weight excluding hydrogens is 288 g/mol. The Labute approximate surface area is 130 Å². The average molecular weight is 313 g/mol. The van der Waals surface area contributed by atoms with Crippen LogP contribution in [0.5, 0.6) is 0 Å². The van der Waals surface area contributed by atoms with E-state index < -0.39 is 0 Å². The van der Waals surface area contributed by atoms with Crippen LogP contribution in [-0.4, -0.2) is 38.5 Å². The third kappa shape index (κ3) is 7.75. The first-order valence-corrected chi connectivity index (χ1v) is 9.19. The summed E-state index contributed by atoms with van der Waals surface area (Å²) in [4.78, 5) is 2.57. The minimum atomic E-state index is 1.21. The van der Waals surface area contributed by atoms with E-state index in [4.69, 9.17) is 0 Å². The van der Waals surface area contributed by atoms with Crippen molar-refractivity contribution < 1.29 is 0 Å². The summed E-state index contributed by atoms with van der Waals surface area (Å²) in [7, 11) is 0. The Morgan fingerprint density at radius 3 is 2.10 bits per heavy atom. The molecular formula is C14H24N4S2. The molecule has 0 fully saturated rings. The van der Waals surface area contributed by atoms with Crippen LogP contribution in [0.4, 0.5) is 0 Å². The van der Waals surface area contributed by atoms with Crippen molar-refractivity contribution in [1.82, 2.24) is 20.3 Å². The fourth-order valence-corrected chi connectivity index (χ4v) is 3.79. The SMILES string of the molecule is CCCCN(CCCC)C1=CSCS1.c1cnnnc1. The minimum Gasteiger partial charge on any atom is -0.366 e. The molecule has 1 aliphatic heterocycles. The molecule has 0 aliphatic carbocycles. The van der Waals surface area contributed by atoms with Gasteiger partial charge in [-0.25, -0.2) is 0 Å². The molecule has 0 spiro atoms. The summed E-state index contributed by atoms with van der Waals surface area (Å²) in [5.41, 5.74) is 0. The molecule has 0 amide bonds. The smallest absolute Gasteiger partial charge is 0.0780 e. The van der Waals surface area contributed by atoms with E-state index >= 15 is 0 Å². The van der Waals surface area contributed by atoms with E-state index in [1.807, 2.05) is 23.5 Å². The molecule has 0 N–H and O–H groups in total. The van der Waals surface area contributed by atoms with Gasteiger partial charge in [-0.15, -0.1) is 22.0 Å². The monoisotopic (exact) mass is 312 g/mol. The lowest BCUT2D eigenvalue weighted by Gasteiger charge is -2.24. The van der Waals surface area contributed by atoms with Crippen molar-refractivity contribution >= 4 is 23.5 Å². The fraction of sp³-hybridized carbons (Fsp3) is 0.643. The maximum atomic E-state index is 3.42. The van der Waals surface area contributed by atoms with Crippen molar-refractivity contribution in [2.24, 2.45) is 0 Å². The van der Waals surface area contributed by atoms with E-state index in [0.29, 0.717) is 0 Å². The predicted octanol–water partition coefficient (Wildman–Crippen LogP) is 4.00. The summed E-state index contributed by atoms with van der Waals surface area (Å²) in [6.45, 7) is 7.03.